The third-order valence-electron chi connectivity index (χ3n) is 3.29. The molecule has 0 spiro atoms. The Morgan fingerprint density at radius 2 is 2.09 bits per heavy atom. The van der Waals surface area contributed by atoms with E-state index in [4.69, 9.17) is 4.42 Å². The van der Waals surface area contributed by atoms with Crippen LogP contribution in [0.4, 0.5) is 4.39 Å². The fourth-order valence-electron chi connectivity index (χ4n) is 2.02. The molecule has 0 amide bonds. The molecule has 1 aromatic heterocycles. The standard InChI is InChI=1S/C15H16FNO5S/c1-10-6-14(22-9-10)23(20,21)17(11(2)15(18)19)8-12-4-3-5-13(16)7-12/h3-7,9,11H,8H2,1-2H3,(H,18,19). The van der Waals surface area contributed by atoms with Crippen LogP contribution in [0, 0.1) is 12.7 Å². The first-order valence-corrected chi connectivity index (χ1v) is 8.20. The summed E-state index contributed by atoms with van der Waals surface area (Å²) in [6, 6.07) is 5.30. The summed E-state index contributed by atoms with van der Waals surface area (Å²) < 4.78 is 44.4. The van der Waals surface area contributed by atoms with Crippen LogP contribution in [0.1, 0.15) is 18.1 Å². The zero-order valence-corrected chi connectivity index (χ0v) is 13.4. The molecule has 124 valence electrons. The van der Waals surface area contributed by atoms with Gasteiger partial charge in [-0.05, 0) is 37.1 Å². The number of furan rings is 1. The first-order valence-electron chi connectivity index (χ1n) is 6.76. The lowest BCUT2D eigenvalue weighted by Gasteiger charge is -2.24. The highest BCUT2D eigenvalue weighted by molar-refractivity contribution is 7.89. The maximum atomic E-state index is 13.3. The highest BCUT2D eigenvalue weighted by Crippen LogP contribution is 2.23. The molecule has 2 rings (SSSR count). The molecule has 0 saturated carbocycles. The smallest absolute Gasteiger partial charge is 0.321 e. The van der Waals surface area contributed by atoms with Crippen LogP contribution < -0.4 is 0 Å². The molecule has 1 heterocycles. The van der Waals surface area contributed by atoms with E-state index >= 15 is 0 Å². The molecule has 0 fully saturated rings. The molecule has 1 atom stereocenters. The molecule has 0 saturated heterocycles. The van der Waals surface area contributed by atoms with Gasteiger partial charge >= 0.3 is 5.97 Å². The van der Waals surface area contributed by atoms with Gasteiger partial charge in [-0.25, -0.2) is 12.8 Å². The average Bonchev–Trinajstić information content (AvgIpc) is 2.91. The van der Waals surface area contributed by atoms with Crippen molar-refractivity contribution in [3.8, 4) is 0 Å². The first kappa shape index (κ1) is 17.2. The van der Waals surface area contributed by atoms with Crippen LogP contribution in [-0.4, -0.2) is 29.8 Å². The molecular formula is C15H16FNO5S. The normalized spacial score (nSPS) is 13.2. The van der Waals surface area contributed by atoms with Crippen LogP contribution in [0.25, 0.3) is 0 Å². The Hall–Kier alpha value is -2.19. The largest absolute Gasteiger partial charge is 0.480 e. The fraction of sp³-hybridized carbons (Fsp3) is 0.267. The van der Waals surface area contributed by atoms with E-state index in [9.17, 15) is 22.7 Å². The third kappa shape index (κ3) is 3.77. The van der Waals surface area contributed by atoms with Gasteiger partial charge in [0.25, 0.3) is 10.0 Å². The molecule has 0 aliphatic heterocycles. The molecule has 1 unspecified atom stereocenters. The van der Waals surface area contributed by atoms with E-state index in [0.717, 1.165) is 10.4 Å². The Bertz CT molecular complexity index is 815. The van der Waals surface area contributed by atoms with Gasteiger partial charge in [0, 0.05) is 12.6 Å². The van der Waals surface area contributed by atoms with Crippen molar-refractivity contribution >= 4 is 16.0 Å². The molecule has 1 N–H and O–H groups in total. The summed E-state index contributed by atoms with van der Waals surface area (Å²) >= 11 is 0. The maximum Gasteiger partial charge on any atom is 0.321 e. The number of aryl methyl sites for hydroxylation is 1. The van der Waals surface area contributed by atoms with Crippen LogP contribution in [-0.2, 0) is 21.4 Å². The van der Waals surface area contributed by atoms with Gasteiger partial charge in [0.2, 0.25) is 5.09 Å². The van der Waals surface area contributed by atoms with Gasteiger partial charge < -0.3 is 9.52 Å². The molecule has 1 aromatic carbocycles. The zero-order chi connectivity index (χ0) is 17.2. The lowest BCUT2D eigenvalue weighted by Crippen LogP contribution is -2.42. The summed E-state index contributed by atoms with van der Waals surface area (Å²) in [5, 5.41) is 8.84. The molecule has 2 aromatic rings. The lowest BCUT2D eigenvalue weighted by atomic mass is 10.2. The number of halogens is 1. The summed E-state index contributed by atoms with van der Waals surface area (Å²) in [4.78, 5) is 11.3. The van der Waals surface area contributed by atoms with Crippen LogP contribution in [0.5, 0.6) is 0 Å². The topological polar surface area (TPSA) is 87.8 Å². The minimum Gasteiger partial charge on any atom is -0.480 e. The van der Waals surface area contributed by atoms with E-state index in [0.29, 0.717) is 11.1 Å². The van der Waals surface area contributed by atoms with Crippen LogP contribution in [0.3, 0.4) is 0 Å². The Labute approximate surface area is 133 Å². The van der Waals surface area contributed by atoms with Crippen molar-refractivity contribution in [2.24, 2.45) is 0 Å². The van der Waals surface area contributed by atoms with Crippen molar-refractivity contribution < 1.29 is 27.1 Å². The van der Waals surface area contributed by atoms with E-state index in [1.54, 1.807) is 6.92 Å². The van der Waals surface area contributed by atoms with Crippen LogP contribution in [0.15, 0.2) is 46.1 Å². The van der Waals surface area contributed by atoms with Crippen molar-refractivity contribution in [1.29, 1.82) is 0 Å². The van der Waals surface area contributed by atoms with Crippen LogP contribution in [0.2, 0.25) is 0 Å². The van der Waals surface area contributed by atoms with Crippen molar-refractivity contribution in [3.05, 3.63) is 53.5 Å². The number of carbonyl (C=O) groups is 1. The summed E-state index contributed by atoms with van der Waals surface area (Å²) in [6.45, 7) is 2.61. The Balaban J connectivity index is 2.44. The number of aliphatic carboxylic acids is 1. The van der Waals surface area contributed by atoms with E-state index in [1.807, 2.05) is 0 Å². The van der Waals surface area contributed by atoms with E-state index in [2.05, 4.69) is 0 Å². The highest BCUT2D eigenvalue weighted by atomic mass is 32.2. The SMILES string of the molecule is Cc1coc(S(=O)(=O)N(Cc2cccc(F)c2)C(C)C(=O)O)c1. The summed E-state index contributed by atoms with van der Waals surface area (Å²) in [6.07, 6.45) is 1.26. The van der Waals surface area contributed by atoms with E-state index in [-0.39, 0.29) is 11.6 Å². The number of hydrogen-bond donors (Lipinski definition) is 1. The number of rotatable bonds is 6. The van der Waals surface area contributed by atoms with Gasteiger partial charge in [0.1, 0.15) is 11.9 Å². The molecule has 6 nitrogen and oxygen atoms in total. The number of nitrogens with zero attached hydrogens (tertiary/aromatic N) is 1. The number of carboxylic acid groups (broad SMARTS) is 1. The molecule has 8 heteroatoms. The average molecular weight is 341 g/mol. The Kier molecular flexibility index (Phi) is 4.86. The van der Waals surface area contributed by atoms with Crippen LogP contribution >= 0.6 is 0 Å². The van der Waals surface area contributed by atoms with Gasteiger partial charge in [-0.1, -0.05) is 12.1 Å². The number of sulfonamides is 1. The summed E-state index contributed by atoms with van der Waals surface area (Å²) in [5.41, 5.74) is 0.933. The van der Waals surface area contributed by atoms with Gasteiger partial charge in [0.05, 0.1) is 6.26 Å². The second-order valence-corrected chi connectivity index (χ2v) is 6.96. The second kappa shape index (κ2) is 6.51. The predicted molar refractivity (Wildman–Crippen MR) is 79.7 cm³/mol. The second-order valence-electron chi connectivity index (χ2n) is 5.14. The molecule has 0 bridgehead atoms. The minimum absolute atomic E-state index is 0.284. The molecule has 0 radical (unpaired) electrons. The molecule has 23 heavy (non-hydrogen) atoms. The summed E-state index contributed by atoms with van der Waals surface area (Å²) in [5.74, 6) is -1.84. The number of hydrogen-bond acceptors (Lipinski definition) is 4. The van der Waals surface area contributed by atoms with E-state index in [1.165, 1.54) is 37.5 Å². The van der Waals surface area contributed by atoms with Crippen molar-refractivity contribution in [3.63, 3.8) is 0 Å². The highest BCUT2D eigenvalue weighted by Gasteiger charge is 2.35. The van der Waals surface area contributed by atoms with E-state index < -0.39 is 27.9 Å². The lowest BCUT2D eigenvalue weighted by molar-refractivity contribution is -0.141. The molecule has 0 aliphatic carbocycles. The molecular weight excluding hydrogens is 325 g/mol. The van der Waals surface area contributed by atoms with Gasteiger partial charge in [-0.3, -0.25) is 4.79 Å². The fourth-order valence-corrected chi connectivity index (χ4v) is 3.59. The maximum absolute atomic E-state index is 13.3. The van der Waals surface area contributed by atoms with Gasteiger partial charge in [0.15, 0.2) is 0 Å². The number of benzene rings is 1. The molecule has 0 aliphatic rings. The first-order chi connectivity index (χ1) is 10.7. The number of carboxylic acids is 1. The van der Waals surface area contributed by atoms with Crippen molar-refractivity contribution in [2.75, 3.05) is 0 Å². The zero-order valence-electron chi connectivity index (χ0n) is 12.6. The van der Waals surface area contributed by atoms with Gasteiger partial charge in [-0.15, -0.1) is 0 Å². The third-order valence-corrected chi connectivity index (χ3v) is 5.07. The monoisotopic (exact) mass is 341 g/mol. The quantitative estimate of drug-likeness (QED) is 0.871. The Morgan fingerprint density at radius 3 is 2.61 bits per heavy atom. The minimum atomic E-state index is -4.17. The van der Waals surface area contributed by atoms with Crippen molar-refractivity contribution in [1.82, 2.24) is 4.31 Å². The van der Waals surface area contributed by atoms with Crippen molar-refractivity contribution in [2.45, 2.75) is 31.5 Å². The van der Waals surface area contributed by atoms with Gasteiger partial charge in [-0.2, -0.15) is 4.31 Å². The predicted octanol–water partition coefficient (Wildman–Crippen LogP) is 2.39. The summed E-state index contributed by atoms with van der Waals surface area (Å²) in [7, 11) is -4.17. The Morgan fingerprint density at radius 1 is 1.39 bits per heavy atom.